The summed E-state index contributed by atoms with van der Waals surface area (Å²) in [7, 11) is 0. The highest BCUT2D eigenvalue weighted by Gasteiger charge is 2.48. The van der Waals surface area contributed by atoms with Crippen molar-refractivity contribution in [2.24, 2.45) is 0 Å². The van der Waals surface area contributed by atoms with Crippen LogP contribution in [0, 0.1) is 6.85 Å². The molecule has 0 atom stereocenters. The fourth-order valence-electron chi connectivity index (χ4n) is 12.8. The Morgan fingerprint density at radius 3 is 1.59 bits per heavy atom. The zero-order valence-electron chi connectivity index (χ0n) is 47.5. The molecule has 0 radical (unpaired) electrons. The summed E-state index contributed by atoms with van der Waals surface area (Å²) in [5.41, 5.74) is 22.4. The molecule has 2 aliphatic heterocycles. The molecule has 70 heavy (non-hydrogen) atoms. The Morgan fingerprint density at radius 1 is 0.429 bits per heavy atom. The monoisotopic (exact) mass is 922 g/mol. The van der Waals surface area contributed by atoms with Gasteiger partial charge in [0, 0.05) is 38.1 Å². The number of hydrogen-bond donors (Lipinski definition) is 0. The van der Waals surface area contributed by atoms with Crippen molar-refractivity contribution in [3.8, 4) is 22.3 Å². The molecule has 0 amide bonds. The first kappa shape index (κ1) is 43.0. The molecule has 0 bridgehead atoms. The second-order valence-electron chi connectivity index (χ2n) is 26.2. The first-order valence-electron chi connectivity index (χ1n) is 27.6. The molecule has 2 nitrogen and oxygen atoms in total. The third-order valence-corrected chi connectivity index (χ3v) is 17.4. The molecule has 0 spiro atoms. The lowest BCUT2D eigenvalue weighted by atomic mass is 9.33. The molecule has 2 heterocycles. The average Bonchev–Trinajstić information content (AvgIpc) is 3.33. The fourth-order valence-corrected chi connectivity index (χ4v) is 12.8. The molecule has 356 valence electrons. The fraction of sp³-hybridized carbons (Fsp3) is 0.373. The van der Waals surface area contributed by atoms with Gasteiger partial charge in [-0.05, 0) is 186 Å². The first-order valence-corrected chi connectivity index (χ1v) is 26.1. The van der Waals surface area contributed by atoms with Gasteiger partial charge in [-0.3, -0.25) is 0 Å². The SMILES string of the molecule is [2H]C([2H])([2H])c1cc2c3c(c1)N(c1ccc(C(C)(C)C)cc1-c1ccccc1-c1ccccc1)c1cc(C(C)(C)C)ccc1B3c1cc3c(cc1N2c1ccc2c(c1)C(C)(C)CCC2(C)C)C(C)(C)CCC3(C)C. The van der Waals surface area contributed by atoms with E-state index in [0.29, 0.717) is 5.56 Å². The Morgan fingerprint density at radius 2 is 0.957 bits per heavy atom. The first-order chi connectivity index (χ1) is 34.1. The largest absolute Gasteiger partial charge is 0.311 e. The number of hydrogen-bond acceptors (Lipinski definition) is 2. The van der Waals surface area contributed by atoms with Crippen LogP contribution < -0.4 is 26.2 Å². The van der Waals surface area contributed by atoms with Gasteiger partial charge in [0.15, 0.2) is 0 Å². The Labute approximate surface area is 425 Å². The van der Waals surface area contributed by atoms with Crippen molar-refractivity contribution in [2.45, 2.75) is 162 Å². The lowest BCUT2D eigenvalue weighted by Crippen LogP contribution is -2.62. The van der Waals surface area contributed by atoms with Gasteiger partial charge in [0.25, 0.3) is 6.71 Å². The summed E-state index contributed by atoms with van der Waals surface area (Å²) in [5.74, 6) is 0. The normalized spacial score (nSPS) is 18.9. The maximum atomic E-state index is 9.31. The zero-order valence-corrected chi connectivity index (χ0v) is 44.5. The molecule has 7 aromatic carbocycles. The quantitative estimate of drug-likeness (QED) is 0.162. The van der Waals surface area contributed by atoms with Crippen LogP contribution in [0.25, 0.3) is 22.3 Å². The average molecular weight is 922 g/mol. The van der Waals surface area contributed by atoms with Crippen molar-refractivity contribution in [3.63, 3.8) is 0 Å². The number of rotatable bonds is 4. The van der Waals surface area contributed by atoms with Crippen molar-refractivity contribution in [3.05, 3.63) is 172 Å². The van der Waals surface area contributed by atoms with Gasteiger partial charge in [-0.1, -0.05) is 182 Å². The van der Waals surface area contributed by atoms with Gasteiger partial charge in [-0.2, -0.15) is 0 Å². The number of fused-ring (bicyclic) bond motifs is 6. The van der Waals surface area contributed by atoms with Gasteiger partial charge in [-0.25, -0.2) is 0 Å². The Balaban J connectivity index is 1.30. The highest BCUT2D eigenvalue weighted by molar-refractivity contribution is 7.00. The molecule has 7 aromatic rings. The molecule has 11 rings (SSSR count). The summed E-state index contributed by atoms with van der Waals surface area (Å²) in [4.78, 5) is 4.95. The van der Waals surface area contributed by atoms with Crippen LogP contribution in [0.15, 0.2) is 133 Å². The molecule has 0 N–H and O–H groups in total. The smallest absolute Gasteiger partial charge is 0.252 e. The van der Waals surface area contributed by atoms with E-state index in [2.05, 4.69) is 228 Å². The molecule has 0 fully saturated rings. The molecule has 0 saturated heterocycles. The van der Waals surface area contributed by atoms with Crippen molar-refractivity contribution in [1.29, 1.82) is 0 Å². The van der Waals surface area contributed by atoms with Crippen molar-refractivity contribution in [2.75, 3.05) is 9.80 Å². The van der Waals surface area contributed by atoms with E-state index in [1.807, 2.05) is 12.1 Å². The highest BCUT2D eigenvalue weighted by Crippen LogP contribution is 2.54. The molecule has 0 saturated carbocycles. The molecule has 2 aliphatic carbocycles. The van der Waals surface area contributed by atoms with E-state index < -0.39 is 6.85 Å². The number of anilines is 6. The third kappa shape index (κ3) is 7.34. The van der Waals surface area contributed by atoms with Gasteiger partial charge in [0.2, 0.25) is 0 Å². The Hall–Kier alpha value is -5.80. The van der Waals surface area contributed by atoms with E-state index in [9.17, 15) is 4.11 Å². The minimum absolute atomic E-state index is 0.0317. The minimum atomic E-state index is -2.39. The predicted molar refractivity (Wildman–Crippen MR) is 304 cm³/mol. The molecular formula is C67H75BN2. The molecule has 3 heteroatoms. The van der Waals surface area contributed by atoms with Crippen LogP contribution in [0.2, 0.25) is 0 Å². The van der Waals surface area contributed by atoms with E-state index in [1.165, 1.54) is 44.3 Å². The second-order valence-corrected chi connectivity index (χ2v) is 26.2. The summed E-state index contributed by atoms with van der Waals surface area (Å²) in [5, 5.41) is 0. The van der Waals surface area contributed by atoms with Crippen LogP contribution >= 0.6 is 0 Å². The number of nitrogens with zero attached hydrogens (tertiary/aromatic N) is 2. The van der Waals surface area contributed by atoms with Crippen LogP contribution in [0.4, 0.5) is 34.1 Å². The van der Waals surface area contributed by atoms with Crippen LogP contribution in [-0.2, 0) is 32.5 Å². The van der Waals surface area contributed by atoms with E-state index in [-0.39, 0.29) is 39.2 Å². The minimum Gasteiger partial charge on any atom is -0.311 e. The summed E-state index contributed by atoms with van der Waals surface area (Å²) in [6, 6.07) is 50.2. The van der Waals surface area contributed by atoms with Crippen LogP contribution in [0.3, 0.4) is 0 Å². The van der Waals surface area contributed by atoms with Crippen molar-refractivity contribution < 1.29 is 4.11 Å². The Kier molecular flexibility index (Phi) is 9.59. The van der Waals surface area contributed by atoms with Crippen LogP contribution in [0.1, 0.15) is 166 Å². The van der Waals surface area contributed by atoms with E-state index in [1.54, 1.807) is 0 Å². The topological polar surface area (TPSA) is 6.48 Å². The van der Waals surface area contributed by atoms with Crippen LogP contribution in [-0.4, -0.2) is 6.71 Å². The van der Waals surface area contributed by atoms with Crippen LogP contribution in [0.5, 0.6) is 0 Å². The summed E-state index contributed by atoms with van der Waals surface area (Å²) < 4.78 is 27.9. The molecule has 4 aliphatic rings. The molecule has 0 aromatic heterocycles. The standard InChI is InChI=1S/C67H75BN2/c1-42-35-59-61-60(36-42)70(56-30-26-44(62(2,3)4)37-49(56)48-24-20-19-23-47(48)43-21-17-16-18-22-43)57-38-45(63(5,6)7)25-29-54(57)68(61)55-40-52-53(67(14,15)34-33-66(52,12)13)41-58(55)69(59)46-27-28-50-51(39-46)65(10,11)32-31-64(50,8)9/h16-30,35-41H,31-34H2,1-15H3/i1D3. The highest BCUT2D eigenvalue weighted by atomic mass is 15.2. The maximum absolute atomic E-state index is 9.31. The number of benzene rings is 7. The van der Waals surface area contributed by atoms with Gasteiger partial charge in [0.05, 0.1) is 5.69 Å². The summed E-state index contributed by atoms with van der Waals surface area (Å²) >= 11 is 0. The van der Waals surface area contributed by atoms with Gasteiger partial charge in [0.1, 0.15) is 0 Å². The lowest BCUT2D eigenvalue weighted by Gasteiger charge is -2.48. The van der Waals surface area contributed by atoms with E-state index in [0.717, 1.165) is 87.5 Å². The van der Waals surface area contributed by atoms with E-state index >= 15 is 0 Å². The third-order valence-electron chi connectivity index (χ3n) is 17.4. The van der Waals surface area contributed by atoms with Crippen molar-refractivity contribution >= 4 is 57.2 Å². The van der Waals surface area contributed by atoms with Gasteiger partial charge in [-0.15, -0.1) is 0 Å². The molecule has 0 unspecified atom stereocenters. The maximum Gasteiger partial charge on any atom is 0.252 e. The number of aryl methyl sites for hydroxylation is 1. The summed E-state index contributed by atoms with van der Waals surface area (Å²) in [6.45, 7) is 30.5. The predicted octanol–water partition coefficient (Wildman–Crippen LogP) is 16.7. The van der Waals surface area contributed by atoms with E-state index in [4.69, 9.17) is 0 Å². The second kappa shape index (κ2) is 15.6. The zero-order chi connectivity index (χ0) is 52.2. The summed E-state index contributed by atoms with van der Waals surface area (Å²) in [6.07, 6.45) is 4.43. The van der Waals surface area contributed by atoms with Gasteiger partial charge < -0.3 is 9.80 Å². The Bertz CT molecular complexity index is 3380. The lowest BCUT2D eigenvalue weighted by molar-refractivity contribution is 0.332. The van der Waals surface area contributed by atoms with Crippen molar-refractivity contribution in [1.82, 2.24) is 0 Å². The molecular weight excluding hydrogens is 844 g/mol. The van der Waals surface area contributed by atoms with Gasteiger partial charge >= 0.3 is 0 Å².